The Balaban J connectivity index is 2.29. The molecule has 0 aliphatic rings. The smallest absolute Gasteiger partial charge is 0.243 e. The van der Waals surface area contributed by atoms with Crippen LogP contribution < -0.4 is 16.0 Å². The fraction of sp³-hybridized carbons (Fsp3) is 0.429. The first kappa shape index (κ1) is 15.0. The molecule has 0 aromatic heterocycles. The lowest BCUT2D eigenvalue weighted by molar-refractivity contribution is -0.115. The summed E-state index contributed by atoms with van der Waals surface area (Å²) in [6, 6.07) is 9.38. The number of carbonyl (C=O) groups is 1. The second-order valence-corrected chi connectivity index (χ2v) is 4.12. The van der Waals surface area contributed by atoms with Crippen LogP contribution in [0.5, 0.6) is 0 Å². The number of nitrogens with zero attached hydrogens (tertiary/aromatic N) is 1. The van der Waals surface area contributed by atoms with Crippen LogP contribution >= 0.6 is 0 Å². The van der Waals surface area contributed by atoms with E-state index in [1.165, 1.54) is 0 Å². The van der Waals surface area contributed by atoms with Gasteiger partial charge in [-0.2, -0.15) is 0 Å². The second-order valence-electron chi connectivity index (χ2n) is 4.12. The van der Waals surface area contributed by atoms with Gasteiger partial charge in [0.25, 0.3) is 0 Å². The van der Waals surface area contributed by atoms with E-state index in [4.69, 9.17) is 0 Å². The second kappa shape index (κ2) is 8.97. The van der Waals surface area contributed by atoms with Gasteiger partial charge in [0.1, 0.15) is 0 Å². The highest BCUT2D eigenvalue weighted by Gasteiger charge is 2.03. The summed E-state index contributed by atoms with van der Waals surface area (Å²) in [5.41, 5.74) is 0.795. The minimum Gasteiger partial charge on any atom is -0.356 e. The van der Waals surface area contributed by atoms with E-state index >= 15 is 0 Å². The zero-order chi connectivity index (χ0) is 13.9. The molecule has 0 spiro atoms. The maximum atomic E-state index is 11.7. The summed E-state index contributed by atoms with van der Waals surface area (Å²) in [7, 11) is 1.69. The number of hydrogen-bond donors (Lipinski definition) is 3. The molecular weight excluding hydrogens is 240 g/mol. The van der Waals surface area contributed by atoms with Crippen molar-refractivity contribution in [2.75, 3.05) is 25.5 Å². The third kappa shape index (κ3) is 6.45. The Morgan fingerprint density at radius 2 is 1.95 bits per heavy atom. The SMILES string of the molecule is CCCCNC(=NC)NCC(=O)Nc1ccccc1. The van der Waals surface area contributed by atoms with Crippen molar-refractivity contribution in [2.45, 2.75) is 19.8 Å². The van der Waals surface area contributed by atoms with Crippen LogP contribution in [0.4, 0.5) is 5.69 Å². The van der Waals surface area contributed by atoms with Gasteiger partial charge in [-0.05, 0) is 18.6 Å². The van der Waals surface area contributed by atoms with Crippen molar-refractivity contribution < 1.29 is 4.79 Å². The lowest BCUT2D eigenvalue weighted by atomic mass is 10.3. The van der Waals surface area contributed by atoms with Crippen molar-refractivity contribution >= 4 is 17.6 Å². The lowest BCUT2D eigenvalue weighted by Gasteiger charge is -2.11. The number of guanidine groups is 1. The Hall–Kier alpha value is -2.04. The summed E-state index contributed by atoms with van der Waals surface area (Å²) < 4.78 is 0. The minimum absolute atomic E-state index is 0.0929. The summed E-state index contributed by atoms with van der Waals surface area (Å²) in [6.07, 6.45) is 2.20. The predicted octanol–water partition coefficient (Wildman–Crippen LogP) is 1.59. The van der Waals surface area contributed by atoms with Crippen LogP contribution in [0.15, 0.2) is 35.3 Å². The molecule has 5 nitrogen and oxygen atoms in total. The summed E-state index contributed by atoms with van der Waals surface area (Å²) in [5.74, 6) is 0.557. The zero-order valence-corrected chi connectivity index (χ0v) is 11.6. The van der Waals surface area contributed by atoms with Gasteiger partial charge >= 0.3 is 0 Å². The molecule has 1 aromatic rings. The topological polar surface area (TPSA) is 65.5 Å². The number of anilines is 1. The van der Waals surface area contributed by atoms with E-state index < -0.39 is 0 Å². The molecule has 1 aromatic carbocycles. The number of benzene rings is 1. The number of hydrogen-bond acceptors (Lipinski definition) is 2. The summed E-state index contributed by atoms with van der Waals surface area (Å²) in [6.45, 7) is 3.18. The molecule has 5 heteroatoms. The van der Waals surface area contributed by atoms with Gasteiger partial charge in [-0.15, -0.1) is 0 Å². The number of carbonyl (C=O) groups excluding carboxylic acids is 1. The van der Waals surface area contributed by atoms with Gasteiger partial charge in [-0.3, -0.25) is 9.79 Å². The largest absolute Gasteiger partial charge is 0.356 e. The first-order valence-electron chi connectivity index (χ1n) is 6.55. The van der Waals surface area contributed by atoms with Crippen molar-refractivity contribution in [3.05, 3.63) is 30.3 Å². The van der Waals surface area contributed by atoms with E-state index in [-0.39, 0.29) is 12.5 Å². The van der Waals surface area contributed by atoms with E-state index in [1.54, 1.807) is 7.05 Å². The lowest BCUT2D eigenvalue weighted by Crippen LogP contribution is -2.41. The van der Waals surface area contributed by atoms with E-state index in [0.29, 0.717) is 5.96 Å². The Kier molecular flexibility index (Phi) is 7.09. The van der Waals surface area contributed by atoms with Gasteiger partial charge in [-0.25, -0.2) is 0 Å². The molecule has 0 saturated carbocycles. The van der Waals surface area contributed by atoms with E-state index in [1.807, 2.05) is 30.3 Å². The van der Waals surface area contributed by atoms with Crippen LogP contribution in [0.1, 0.15) is 19.8 Å². The van der Waals surface area contributed by atoms with Crippen LogP contribution in [0.25, 0.3) is 0 Å². The van der Waals surface area contributed by atoms with Crippen molar-refractivity contribution in [3.63, 3.8) is 0 Å². The van der Waals surface area contributed by atoms with Crippen LogP contribution in [0.2, 0.25) is 0 Å². The molecule has 104 valence electrons. The molecule has 0 unspecified atom stereocenters. The standard InChI is InChI=1S/C14H22N4O/c1-3-4-10-16-14(15-2)17-11-13(19)18-12-8-6-5-7-9-12/h5-9H,3-4,10-11H2,1-2H3,(H,18,19)(H2,15,16,17). The average Bonchev–Trinajstić information content (AvgIpc) is 2.44. The van der Waals surface area contributed by atoms with Crippen LogP contribution in [0.3, 0.4) is 0 Å². The van der Waals surface area contributed by atoms with Crippen LogP contribution in [0, 0.1) is 0 Å². The number of rotatable bonds is 6. The molecule has 0 radical (unpaired) electrons. The normalized spacial score (nSPS) is 10.9. The molecule has 0 aliphatic carbocycles. The highest BCUT2D eigenvalue weighted by Crippen LogP contribution is 2.03. The maximum Gasteiger partial charge on any atom is 0.243 e. The first-order chi connectivity index (χ1) is 9.26. The van der Waals surface area contributed by atoms with Crippen molar-refractivity contribution in [1.29, 1.82) is 0 Å². The number of unbranched alkanes of at least 4 members (excludes halogenated alkanes) is 1. The first-order valence-corrected chi connectivity index (χ1v) is 6.55. The minimum atomic E-state index is -0.0929. The van der Waals surface area contributed by atoms with Gasteiger partial charge in [-0.1, -0.05) is 31.5 Å². The van der Waals surface area contributed by atoms with Gasteiger partial charge < -0.3 is 16.0 Å². The quantitative estimate of drug-likeness (QED) is 0.414. The molecule has 0 aliphatic heterocycles. The van der Waals surface area contributed by atoms with Gasteiger partial charge in [0.15, 0.2) is 5.96 Å². The monoisotopic (exact) mass is 262 g/mol. The molecular formula is C14H22N4O. The predicted molar refractivity (Wildman–Crippen MR) is 79.3 cm³/mol. The molecule has 0 bridgehead atoms. The number of amides is 1. The molecule has 0 fully saturated rings. The highest BCUT2D eigenvalue weighted by molar-refractivity contribution is 5.94. The van der Waals surface area contributed by atoms with Crippen molar-refractivity contribution in [2.24, 2.45) is 4.99 Å². The van der Waals surface area contributed by atoms with Crippen molar-refractivity contribution in [1.82, 2.24) is 10.6 Å². The van der Waals surface area contributed by atoms with Gasteiger partial charge in [0.05, 0.1) is 6.54 Å². The Labute approximate surface area is 114 Å². The average molecular weight is 262 g/mol. The molecule has 0 saturated heterocycles. The Bertz CT molecular complexity index is 403. The third-order valence-electron chi connectivity index (χ3n) is 2.52. The number of aliphatic imine (C=N–C) groups is 1. The Morgan fingerprint density at radius 3 is 2.58 bits per heavy atom. The van der Waals surface area contributed by atoms with Crippen LogP contribution in [-0.2, 0) is 4.79 Å². The molecule has 0 atom stereocenters. The summed E-state index contributed by atoms with van der Waals surface area (Å²) in [5, 5.41) is 8.93. The molecule has 0 heterocycles. The zero-order valence-electron chi connectivity index (χ0n) is 11.6. The van der Waals surface area contributed by atoms with Crippen LogP contribution in [-0.4, -0.2) is 32.0 Å². The highest BCUT2D eigenvalue weighted by atomic mass is 16.1. The maximum absolute atomic E-state index is 11.7. The fourth-order valence-corrected chi connectivity index (χ4v) is 1.49. The summed E-state index contributed by atoms with van der Waals surface area (Å²) in [4.78, 5) is 15.8. The van der Waals surface area contributed by atoms with Crippen molar-refractivity contribution in [3.8, 4) is 0 Å². The molecule has 1 rings (SSSR count). The van der Waals surface area contributed by atoms with Gasteiger partial charge in [0.2, 0.25) is 5.91 Å². The van der Waals surface area contributed by atoms with Gasteiger partial charge in [0, 0.05) is 19.3 Å². The molecule has 1 amide bonds. The molecule has 19 heavy (non-hydrogen) atoms. The van der Waals surface area contributed by atoms with E-state index in [2.05, 4.69) is 27.9 Å². The summed E-state index contributed by atoms with van der Waals surface area (Å²) >= 11 is 0. The Morgan fingerprint density at radius 1 is 1.21 bits per heavy atom. The third-order valence-corrected chi connectivity index (χ3v) is 2.52. The van der Waals surface area contributed by atoms with E-state index in [9.17, 15) is 4.79 Å². The molecule has 3 N–H and O–H groups in total. The number of para-hydroxylation sites is 1. The van der Waals surface area contributed by atoms with E-state index in [0.717, 1.165) is 25.1 Å². The fourth-order valence-electron chi connectivity index (χ4n) is 1.49. The number of nitrogens with one attached hydrogen (secondary N) is 3.